The fourth-order valence-corrected chi connectivity index (χ4v) is 7.05. The Labute approximate surface area is 231 Å². The van der Waals surface area contributed by atoms with E-state index in [2.05, 4.69) is 26.1 Å². The number of rotatable bonds is 5. The number of benzene rings is 3. The zero-order chi connectivity index (χ0) is 28.1. The largest absolute Gasteiger partial charge is 0.476 e. The van der Waals surface area contributed by atoms with Gasteiger partial charge in [-0.15, -0.1) is 0 Å². The summed E-state index contributed by atoms with van der Waals surface area (Å²) in [7, 11) is -3.99. The fourth-order valence-electron chi connectivity index (χ4n) is 4.59. The van der Waals surface area contributed by atoms with Crippen LogP contribution >= 0.6 is 11.3 Å². The molecule has 1 aliphatic heterocycles. The molecular weight excluding hydrogens is 534 g/mol. The van der Waals surface area contributed by atoms with Crippen LogP contribution in [0, 0.1) is 6.92 Å². The molecule has 8 nitrogen and oxygen atoms in total. The number of aromatic nitrogens is 1. The summed E-state index contributed by atoms with van der Waals surface area (Å²) in [5, 5.41) is 2.85. The van der Waals surface area contributed by atoms with Gasteiger partial charge in [-0.25, -0.2) is 8.42 Å². The first kappa shape index (κ1) is 27.0. The molecule has 1 aliphatic rings. The van der Waals surface area contributed by atoms with Crippen molar-refractivity contribution in [3.63, 3.8) is 0 Å². The number of hydrogen-bond acceptors (Lipinski definition) is 6. The van der Waals surface area contributed by atoms with Crippen molar-refractivity contribution >= 4 is 48.9 Å². The highest BCUT2D eigenvalue weighted by atomic mass is 32.2. The molecule has 0 fully saturated rings. The molecule has 1 amide bonds. The minimum absolute atomic E-state index is 0.0604. The number of ether oxygens (including phenoxy) is 1. The second-order valence-electron chi connectivity index (χ2n) is 10.7. The highest BCUT2D eigenvalue weighted by molar-refractivity contribution is 7.92. The van der Waals surface area contributed by atoms with Crippen molar-refractivity contribution in [2.75, 3.05) is 16.2 Å². The van der Waals surface area contributed by atoms with Crippen LogP contribution in [0.1, 0.15) is 38.8 Å². The first-order chi connectivity index (χ1) is 18.4. The summed E-state index contributed by atoms with van der Waals surface area (Å²) in [4.78, 5) is 25.7. The lowest BCUT2D eigenvalue weighted by Crippen LogP contribution is -2.49. The molecule has 39 heavy (non-hydrogen) atoms. The van der Waals surface area contributed by atoms with Crippen LogP contribution in [0.15, 0.2) is 70.4 Å². The van der Waals surface area contributed by atoms with Crippen molar-refractivity contribution in [3.05, 3.63) is 81.5 Å². The van der Waals surface area contributed by atoms with E-state index in [0.717, 1.165) is 32.7 Å². The van der Waals surface area contributed by atoms with Crippen LogP contribution in [0.25, 0.3) is 10.2 Å². The fraction of sp³-hybridized carbons (Fsp3) is 0.310. The van der Waals surface area contributed by atoms with Crippen molar-refractivity contribution in [2.45, 2.75) is 57.6 Å². The SMILES string of the molecule is CCn1c(=O)sc2cc(NC(=O)C3CN(S(=O)(=O)c4ccc(C)cc4)c4cc(C(C)(C)C)ccc4O3)ccc21. The Morgan fingerprint density at radius 2 is 1.79 bits per heavy atom. The predicted molar refractivity (Wildman–Crippen MR) is 156 cm³/mol. The van der Waals surface area contributed by atoms with Gasteiger partial charge >= 0.3 is 4.87 Å². The summed E-state index contributed by atoms with van der Waals surface area (Å²) in [6, 6.07) is 17.4. The molecule has 4 aromatic rings. The van der Waals surface area contributed by atoms with E-state index in [0.29, 0.717) is 23.7 Å². The van der Waals surface area contributed by atoms with Crippen molar-refractivity contribution in [1.29, 1.82) is 0 Å². The lowest BCUT2D eigenvalue weighted by atomic mass is 9.86. The third kappa shape index (κ3) is 5.06. The molecule has 1 aromatic heterocycles. The number of thiazole rings is 1. The molecule has 0 aliphatic carbocycles. The van der Waals surface area contributed by atoms with Gasteiger partial charge in [-0.1, -0.05) is 55.9 Å². The van der Waals surface area contributed by atoms with Crippen LogP contribution in [0.3, 0.4) is 0 Å². The van der Waals surface area contributed by atoms with Gasteiger partial charge in [-0.3, -0.25) is 18.5 Å². The Kier molecular flexibility index (Phi) is 6.80. The van der Waals surface area contributed by atoms with Crippen LogP contribution in [-0.2, 0) is 26.8 Å². The maximum Gasteiger partial charge on any atom is 0.308 e. The van der Waals surface area contributed by atoms with E-state index in [-0.39, 0.29) is 21.7 Å². The van der Waals surface area contributed by atoms with Crippen molar-refractivity contribution in [1.82, 2.24) is 4.57 Å². The number of nitrogens with one attached hydrogen (secondary N) is 1. The molecule has 3 aromatic carbocycles. The summed E-state index contributed by atoms with van der Waals surface area (Å²) < 4.78 is 37.5. The molecule has 204 valence electrons. The number of sulfonamides is 1. The third-order valence-corrected chi connectivity index (χ3v) is 9.58. The summed E-state index contributed by atoms with van der Waals surface area (Å²) in [6.45, 7) is 10.3. The summed E-state index contributed by atoms with van der Waals surface area (Å²) in [6.07, 6.45) is -1.09. The first-order valence-corrected chi connectivity index (χ1v) is 15.0. The number of nitrogens with zero attached hydrogens (tertiary/aromatic N) is 2. The van der Waals surface area contributed by atoms with Gasteiger partial charge in [-0.05, 0) is 67.3 Å². The monoisotopic (exact) mass is 565 g/mol. The zero-order valence-corrected chi connectivity index (χ0v) is 24.2. The number of amides is 1. The number of carbonyl (C=O) groups is 1. The minimum Gasteiger partial charge on any atom is -0.476 e. The lowest BCUT2D eigenvalue weighted by Gasteiger charge is -2.36. The average molecular weight is 566 g/mol. The van der Waals surface area contributed by atoms with E-state index < -0.39 is 22.0 Å². The molecule has 0 spiro atoms. The highest BCUT2D eigenvalue weighted by Crippen LogP contribution is 2.40. The second kappa shape index (κ2) is 9.84. The second-order valence-corrected chi connectivity index (χ2v) is 13.5. The normalized spacial score (nSPS) is 15.6. The molecule has 5 rings (SSSR count). The van der Waals surface area contributed by atoms with Crippen LogP contribution in [0.4, 0.5) is 11.4 Å². The van der Waals surface area contributed by atoms with Crippen LogP contribution in [-0.4, -0.2) is 31.5 Å². The van der Waals surface area contributed by atoms with Gasteiger partial charge in [-0.2, -0.15) is 0 Å². The summed E-state index contributed by atoms with van der Waals surface area (Å²) >= 11 is 1.11. The molecule has 0 saturated heterocycles. The molecule has 10 heteroatoms. The van der Waals surface area contributed by atoms with Crippen LogP contribution in [0.5, 0.6) is 5.75 Å². The number of hydrogen-bond donors (Lipinski definition) is 1. The maximum absolute atomic E-state index is 13.9. The number of aryl methyl sites for hydroxylation is 2. The van der Waals surface area contributed by atoms with Gasteiger partial charge in [0.25, 0.3) is 15.9 Å². The maximum atomic E-state index is 13.9. The standard InChI is InChI=1S/C29H31N3O5S2/c1-6-31-22-13-10-20(16-26(22)38-28(31)34)30-27(33)25-17-32(39(35,36)21-11-7-18(2)8-12-21)23-15-19(29(3,4)5)9-14-24(23)37-25/h7-16,25H,6,17H2,1-5H3,(H,30,33). The van der Waals surface area contributed by atoms with Crippen molar-refractivity contribution in [3.8, 4) is 5.75 Å². The minimum atomic E-state index is -3.99. The van der Waals surface area contributed by atoms with E-state index in [1.807, 2.05) is 26.0 Å². The van der Waals surface area contributed by atoms with E-state index in [1.54, 1.807) is 53.1 Å². The van der Waals surface area contributed by atoms with Gasteiger partial charge in [0.2, 0.25) is 0 Å². The molecular formula is C29H31N3O5S2. The predicted octanol–water partition coefficient (Wildman–Crippen LogP) is 5.28. The van der Waals surface area contributed by atoms with Gasteiger partial charge in [0.1, 0.15) is 5.75 Å². The Morgan fingerprint density at radius 3 is 2.46 bits per heavy atom. The topological polar surface area (TPSA) is 97.7 Å². The highest BCUT2D eigenvalue weighted by Gasteiger charge is 2.38. The average Bonchev–Trinajstić information content (AvgIpc) is 3.21. The Hall–Kier alpha value is -3.63. The van der Waals surface area contributed by atoms with Gasteiger partial charge in [0.15, 0.2) is 6.10 Å². The molecule has 2 heterocycles. The van der Waals surface area contributed by atoms with Crippen molar-refractivity contribution in [2.24, 2.45) is 0 Å². The number of carbonyl (C=O) groups excluding carboxylic acids is 1. The quantitative estimate of drug-likeness (QED) is 0.355. The lowest BCUT2D eigenvalue weighted by molar-refractivity contribution is -0.122. The van der Waals surface area contributed by atoms with E-state index in [9.17, 15) is 18.0 Å². The summed E-state index contributed by atoms with van der Waals surface area (Å²) in [5.41, 5.74) is 3.38. The van der Waals surface area contributed by atoms with Gasteiger partial charge in [0.05, 0.1) is 27.3 Å². The zero-order valence-electron chi connectivity index (χ0n) is 22.5. The van der Waals surface area contributed by atoms with Crippen LogP contribution in [0.2, 0.25) is 0 Å². The summed E-state index contributed by atoms with van der Waals surface area (Å²) in [5.74, 6) is -0.162. The molecule has 1 atom stereocenters. The Bertz CT molecular complexity index is 1730. The molecule has 1 unspecified atom stereocenters. The van der Waals surface area contributed by atoms with Gasteiger partial charge in [0, 0.05) is 12.2 Å². The Balaban J connectivity index is 1.50. The number of anilines is 2. The number of fused-ring (bicyclic) bond motifs is 2. The van der Waals surface area contributed by atoms with E-state index in [1.165, 1.54) is 4.31 Å². The molecule has 1 N–H and O–H groups in total. The van der Waals surface area contributed by atoms with E-state index in [4.69, 9.17) is 4.74 Å². The van der Waals surface area contributed by atoms with Gasteiger partial charge < -0.3 is 10.1 Å². The smallest absolute Gasteiger partial charge is 0.308 e. The molecule has 0 saturated carbocycles. The molecule has 0 radical (unpaired) electrons. The van der Waals surface area contributed by atoms with Crippen LogP contribution < -0.4 is 19.2 Å². The molecule has 0 bridgehead atoms. The Morgan fingerprint density at radius 1 is 1.08 bits per heavy atom. The van der Waals surface area contributed by atoms with E-state index >= 15 is 0 Å². The third-order valence-electron chi connectivity index (χ3n) is 6.85. The van der Waals surface area contributed by atoms with Crippen molar-refractivity contribution < 1.29 is 17.9 Å². The first-order valence-electron chi connectivity index (χ1n) is 12.7.